The molecule has 31 heavy (non-hydrogen) atoms. The molecule has 2 saturated heterocycles. The highest BCUT2D eigenvalue weighted by Crippen LogP contribution is 2.27. The third-order valence-electron chi connectivity index (χ3n) is 6.69. The number of aliphatic hydroxyl groups excluding tert-OH is 1. The first-order valence-electron chi connectivity index (χ1n) is 11.1. The fraction of sp³-hybridized carbons (Fsp3) is 0.480. The van der Waals surface area contributed by atoms with Crippen molar-refractivity contribution in [2.24, 2.45) is 5.92 Å². The number of nitrogens with zero attached hydrogens (tertiary/aromatic N) is 2. The number of Topliss-reactive ketones (excluding diaryl/α,β-unsaturated/α-hetero) is 1. The normalized spacial score (nSPS) is 23.6. The lowest BCUT2D eigenvalue weighted by molar-refractivity contribution is -0.0251. The Morgan fingerprint density at radius 1 is 1.03 bits per heavy atom. The number of carbonyl (C=O) groups is 1. The van der Waals surface area contributed by atoms with E-state index in [4.69, 9.17) is 4.74 Å². The summed E-state index contributed by atoms with van der Waals surface area (Å²) in [5.74, 6) is 0.778. The molecule has 0 aliphatic carbocycles. The van der Waals surface area contributed by atoms with Crippen molar-refractivity contribution in [2.75, 3.05) is 33.3 Å². The van der Waals surface area contributed by atoms with Gasteiger partial charge in [-0.05, 0) is 74.3 Å². The maximum absolute atomic E-state index is 13.1. The van der Waals surface area contributed by atoms with Crippen LogP contribution in [0.3, 0.4) is 0 Å². The van der Waals surface area contributed by atoms with Crippen LogP contribution in [-0.2, 0) is 6.54 Å². The second kappa shape index (κ2) is 9.90. The monoisotopic (exact) mass is 426 g/mol. The van der Waals surface area contributed by atoms with Crippen molar-refractivity contribution in [3.05, 3.63) is 65.5 Å². The highest BCUT2D eigenvalue weighted by Gasteiger charge is 2.35. The van der Waals surface area contributed by atoms with Crippen molar-refractivity contribution in [3.63, 3.8) is 0 Å². The quantitative estimate of drug-likeness (QED) is 0.718. The minimum atomic E-state index is -0.414. The van der Waals surface area contributed by atoms with E-state index in [1.807, 2.05) is 24.3 Å². The Labute approximate surface area is 183 Å². The van der Waals surface area contributed by atoms with Gasteiger partial charge in [-0.25, -0.2) is 4.39 Å². The molecule has 0 spiro atoms. The van der Waals surface area contributed by atoms with Gasteiger partial charge in [0.25, 0.3) is 0 Å². The fourth-order valence-corrected chi connectivity index (χ4v) is 4.89. The van der Waals surface area contributed by atoms with E-state index in [1.165, 1.54) is 12.1 Å². The summed E-state index contributed by atoms with van der Waals surface area (Å²) in [7, 11) is 1.62. The van der Waals surface area contributed by atoms with E-state index in [9.17, 15) is 14.3 Å². The molecule has 166 valence electrons. The highest BCUT2D eigenvalue weighted by molar-refractivity contribution is 5.98. The van der Waals surface area contributed by atoms with E-state index < -0.39 is 6.10 Å². The molecule has 4 rings (SSSR count). The average Bonchev–Trinajstić information content (AvgIpc) is 2.80. The Hall–Kier alpha value is -2.28. The molecule has 2 atom stereocenters. The number of aliphatic hydroxyl groups is 1. The number of carbonyl (C=O) groups excluding carboxylic acids is 1. The van der Waals surface area contributed by atoms with E-state index in [2.05, 4.69) is 9.80 Å². The zero-order valence-corrected chi connectivity index (χ0v) is 18.0. The first kappa shape index (κ1) is 21.9. The number of hydrogen-bond acceptors (Lipinski definition) is 5. The van der Waals surface area contributed by atoms with Crippen LogP contribution in [-0.4, -0.2) is 66.1 Å². The zero-order valence-electron chi connectivity index (χ0n) is 18.0. The molecule has 0 radical (unpaired) electrons. The maximum Gasteiger partial charge on any atom is 0.166 e. The van der Waals surface area contributed by atoms with Crippen LogP contribution in [0.25, 0.3) is 0 Å². The SMILES string of the molecule is COc1ccc(C(=O)C2CCN([C@H]3CCN(Cc4ccc(F)cc4)C[C@H]3O)CC2)cc1. The van der Waals surface area contributed by atoms with Gasteiger partial charge in [0.15, 0.2) is 5.78 Å². The number of methoxy groups -OCH3 is 1. The topological polar surface area (TPSA) is 53.0 Å². The fourth-order valence-electron chi connectivity index (χ4n) is 4.89. The van der Waals surface area contributed by atoms with Crippen LogP contribution < -0.4 is 4.74 Å². The van der Waals surface area contributed by atoms with Gasteiger partial charge >= 0.3 is 0 Å². The Morgan fingerprint density at radius 2 is 1.71 bits per heavy atom. The number of rotatable bonds is 6. The summed E-state index contributed by atoms with van der Waals surface area (Å²) in [6.45, 7) is 3.93. The first-order valence-corrected chi connectivity index (χ1v) is 11.1. The molecule has 0 unspecified atom stereocenters. The zero-order chi connectivity index (χ0) is 21.8. The molecule has 0 bridgehead atoms. The van der Waals surface area contributed by atoms with Crippen LogP contribution in [0.5, 0.6) is 5.75 Å². The molecule has 0 aromatic heterocycles. The molecule has 2 aromatic carbocycles. The van der Waals surface area contributed by atoms with Crippen molar-refractivity contribution < 1.29 is 19.0 Å². The second-order valence-electron chi connectivity index (χ2n) is 8.69. The van der Waals surface area contributed by atoms with Crippen LogP contribution in [0, 0.1) is 11.7 Å². The molecule has 0 saturated carbocycles. The lowest BCUT2D eigenvalue weighted by Gasteiger charge is -2.44. The predicted molar refractivity (Wildman–Crippen MR) is 118 cm³/mol. The Kier molecular flexibility index (Phi) is 7.00. The Bertz CT molecular complexity index is 863. The third-order valence-corrected chi connectivity index (χ3v) is 6.69. The molecule has 1 N–H and O–H groups in total. The number of ketones is 1. The molecule has 2 heterocycles. The standard InChI is InChI=1S/C25H31FN2O3/c1-31-22-8-4-19(5-9-22)25(30)20-10-14-28(15-11-20)23-12-13-27(17-24(23)29)16-18-2-6-21(26)7-3-18/h2-9,20,23-24,29H,10-17H2,1H3/t23-,24+/m0/s1. The van der Waals surface area contributed by atoms with Gasteiger partial charge in [-0.1, -0.05) is 12.1 Å². The Balaban J connectivity index is 1.27. The van der Waals surface area contributed by atoms with E-state index in [0.717, 1.165) is 62.3 Å². The molecule has 0 amide bonds. The lowest BCUT2D eigenvalue weighted by atomic mass is 9.87. The smallest absolute Gasteiger partial charge is 0.166 e. The number of halogens is 1. The van der Waals surface area contributed by atoms with E-state index in [1.54, 1.807) is 19.2 Å². The maximum atomic E-state index is 13.1. The summed E-state index contributed by atoms with van der Waals surface area (Å²) < 4.78 is 18.3. The van der Waals surface area contributed by atoms with E-state index in [0.29, 0.717) is 6.54 Å². The van der Waals surface area contributed by atoms with Gasteiger partial charge in [-0.2, -0.15) is 0 Å². The predicted octanol–water partition coefficient (Wildman–Crippen LogP) is 3.36. The summed E-state index contributed by atoms with van der Waals surface area (Å²) >= 11 is 0. The van der Waals surface area contributed by atoms with Crippen LogP contribution in [0.2, 0.25) is 0 Å². The number of hydrogen-bond donors (Lipinski definition) is 1. The molecule has 2 aliphatic heterocycles. The lowest BCUT2D eigenvalue weighted by Crippen LogP contribution is -2.55. The van der Waals surface area contributed by atoms with Gasteiger partial charge in [0.05, 0.1) is 13.2 Å². The van der Waals surface area contributed by atoms with Crippen LogP contribution in [0.4, 0.5) is 4.39 Å². The minimum absolute atomic E-state index is 0.0420. The second-order valence-corrected chi connectivity index (χ2v) is 8.69. The van der Waals surface area contributed by atoms with Gasteiger partial charge in [-0.15, -0.1) is 0 Å². The molecular weight excluding hydrogens is 395 g/mol. The highest BCUT2D eigenvalue weighted by atomic mass is 19.1. The number of likely N-dealkylation sites (tertiary alicyclic amines) is 2. The summed E-state index contributed by atoms with van der Waals surface area (Å²) in [6, 6.07) is 14.1. The van der Waals surface area contributed by atoms with Crippen molar-refractivity contribution in [2.45, 2.75) is 38.0 Å². The summed E-state index contributed by atoms with van der Waals surface area (Å²) in [5.41, 5.74) is 1.80. The minimum Gasteiger partial charge on any atom is -0.497 e. The van der Waals surface area contributed by atoms with Gasteiger partial charge in [0.2, 0.25) is 0 Å². The summed E-state index contributed by atoms with van der Waals surface area (Å²) in [4.78, 5) is 17.4. The van der Waals surface area contributed by atoms with Crippen molar-refractivity contribution in [1.29, 1.82) is 0 Å². The number of piperidine rings is 2. The molecular formula is C25H31FN2O3. The van der Waals surface area contributed by atoms with E-state index >= 15 is 0 Å². The largest absolute Gasteiger partial charge is 0.497 e. The summed E-state index contributed by atoms with van der Waals surface area (Å²) in [5, 5.41) is 10.8. The van der Waals surface area contributed by atoms with Crippen molar-refractivity contribution in [1.82, 2.24) is 9.80 Å². The number of ether oxygens (including phenoxy) is 1. The number of β-amino-alcohol motifs (C(OH)–C–C–N with tert-alkyl or cyclic N) is 1. The Morgan fingerprint density at radius 3 is 2.32 bits per heavy atom. The molecule has 2 fully saturated rings. The molecule has 2 aliphatic rings. The van der Waals surface area contributed by atoms with Gasteiger partial charge in [-0.3, -0.25) is 14.6 Å². The van der Waals surface area contributed by atoms with Crippen LogP contribution in [0.15, 0.2) is 48.5 Å². The summed E-state index contributed by atoms with van der Waals surface area (Å²) in [6.07, 6.45) is 2.14. The third kappa shape index (κ3) is 5.32. The average molecular weight is 427 g/mol. The van der Waals surface area contributed by atoms with Gasteiger partial charge < -0.3 is 9.84 Å². The molecule has 6 heteroatoms. The van der Waals surface area contributed by atoms with Crippen molar-refractivity contribution >= 4 is 5.78 Å². The number of benzene rings is 2. The first-order chi connectivity index (χ1) is 15.0. The van der Waals surface area contributed by atoms with Crippen LogP contribution >= 0.6 is 0 Å². The van der Waals surface area contributed by atoms with E-state index in [-0.39, 0.29) is 23.6 Å². The van der Waals surface area contributed by atoms with Gasteiger partial charge in [0.1, 0.15) is 11.6 Å². The van der Waals surface area contributed by atoms with Crippen molar-refractivity contribution in [3.8, 4) is 5.75 Å². The molecule has 5 nitrogen and oxygen atoms in total. The molecule has 2 aromatic rings. The van der Waals surface area contributed by atoms with Crippen LogP contribution in [0.1, 0.15) is 35.2 Å². The van der Waals surface area contributed by atoms with Gasteiger partial charge in [0, 0.05) is 37.2 Å².